The Hall–Kier alpha value is -1.59. The van der Waals surface area contributed by atoms with E-state index in [0.29, 0.717) is 12.6 Å². The largest absolute Gasteiger partial charge is 0.379 e. The van der Waals surface area contributed by atoms with Crippen LogP contribution >= 0.6 is 0 Å². The Kier molecular flexibility index (Phi) is 7.36. The van der Waals surface area contributed by atoms with Crippen LogP contribution in [-0.2, 0) is 11.2 Å². The molecule has 5 heteroatoms. The summed E-state index contributed by atoms with van der Waals surface area (Å²) in [6.07, 6.45) is 0.944. The third-order valence-corrected chi connectivity index (χ3v) is 4.42. The maximum atomic E-state index is 12.2. The van der Waals surface area contributed by atoms with Crippen LogP contribution in [0.1, 0.15) is 19.4 Å². The number of morpholine rings is 1. The van der Waals surface area contributed by atoms with Crippen molar-refractivity contribution in [2.75, 3.05) is 45.9 Å². The minimum atomic E-state index is 0.0290. The van der Waals surface area contributed by atoms with E-state index in [1.807, 2.05) is 24.8 Å². The second-order valence-corrected chi connectivity index (χ2v) is 5.85. The topological polar surface area (TPSA) is 44.8 Å². The lowest BCUT2D eigenvalue weighted by Gasteiger charge is -2.35. The van der Waals surface area contributed by atoms with Crippen LogP contribution in [0.25, 0.3) is 0 Å². The zero-order valence-corrected chi connectivity index (χ0v) is 14.3. The average molecular weight is 319 g/mol. The Morgan fingerprint density at radius 1 is 1.22 bits per heavy atom. The summed E-state index contributed by atoms with van der Waals surface area (Å²) in [6.45, 7) is 9.57. The van der Waals surface area contributed by atoms with Crippen molar-refractivity contribution in [2.45, 2.75) is 26.3 Å². The summed E-state index contributed by atoms with van der Waals surface area (Å²) in [5, 5.41) is 3.11. The van der Waals surface area contributed by atoms with Crippen molar-refractivity contribution >= 4 is 6.03 Å². The van der Waals surface area contributed by atoms with E-state index in [1.165, 1.54) is 5.56 Å². The molecule has 1 N–H and O–H groups in total. The van der Waals surface area contributed by atoms with Crippen LogP contribution in [0, 0.1) is 0 Å². The van der Waals surface area contributed by atoms with Crippen LogP contribution < -0.4 is 5.32 Å². The van der Waals surface area contributed by atoms with Gasteiger partial charge in [0, 0.05) is 38.8 Å². The van der Waals surface area contributed by atoms with Crippen molar-refractivity contribution in [3.63, 3.8) is 0 Å². The van der Waals surface area contributed by atoms with Crippen molar-refractivity contribution in [3.05, 3.63) is 35.9 Å². The molecule has 1 saturated heterocycles. The van der Waals surface area contributed by atoms with Gasteiger partial charge < -0.3 is 15.0 Å². The predicted molar refractivity (Wildman–Crippen MR) is 92.6 cm³/mol. The molecule has 0 aromatic heterocycles. The summed E-state index contributed by atoms with van der Waals surface area (Å²) in [7, 11) is 0. The number of amides is 2. The quantitative estimate of drug-likeness (QED) is 0.836. The van der Waals surface area contributed by atoms with E-state index in [4.69, 9.17) is 4.74 Å². The van der Waals surface area contributed by atoms with Gasteiger partial charge in [0.15, 0.2) is 0 Å². The molecule has 0 spiro atoms. The fraction of sp³-hybridized carbons (Fsp3) is 0.611. The number of benzene rings is 1. The number of hydrogen-bond donors (Lipinski definition) is 1. The second-order valence-electron chi connectivity index (χ2n) is 5.85. The van der Waals surface area contributed by atoms with Crippen LogP contribution in [0.3, 0.4) is 0 Å². The van der Waals surface area contributed by atoms with E-state index in [1.54, 1.807) is 0 Å². The van der Waals surface area contributed by atoms with Crippen LogP contribution in [0.2, 0.25) is 0 Å². The van der Waals surface area contributed by atoms with Crippen molar-refractivity contribution in [1.82, 2.24) is 15.1 Å². The molecule has 1 aromatic rings. The van der Waals surface area contributed by atoms with E-state index in [9.17, 15) is 4.79 Å². The Morgan fingerprint density at radius 2 is 1.87 bits per heavy atom. The molecule has 1 aromatic carbocycles. The van der Waals surface area contributed by atoms with Crippen molar-refractivity contribution in [3.8, 4) is 0 Å². The summed E-state index contributed by atoms with van der Waals surface area (Å²) in [6, 6.07) is 10.8. The van der Waals surface area contributed by atoms with Gasteiger partial charge in [-0.1, -0.05) is 30.3 Å². The molecule has 1 fully saturated rings. The molecule has 0 aliphatic carbocycles. The minimum absolute atomic E-state index is 0.0290. The highest BCUT2D eigenvalue weighted by Crippen LogP contribution is 2.11. The van der Waals surface area contributed by atoms with Crippen molar-refractivity contribution in [2.24, 2.45) is 0 Å². The molecule has 23 heavy (non-hydrogen) atoms. The highest BCUT2D eigenvalue weighted by Gasteiger charge is 2.22. The van der Waals surface area contributed by atoms with Gasteiger partial charge >= 0.3 is 6.03 Å². The van der Waals surface area contributed by atoms with Gasteiger partial charge in [0.25, 0.3) is 0 Å². The number of carbonyl (C=O) groups excluding carboxylic acids is 1. The smallest absolute Gasteiger partial charge is 0.317 e. The van der Waals surface area contributed by atoms with E-state index in [-0.39, 0.29) is 6.03 Å². The Morgan fingerprint density at radius 3 is 2.48 bits per heavy atom. The van der Waals surface area contributed by atoms with Gasteiger partial charge in [-0.2, -0.15) is 0 Å². The average Bonchev–Trinajstić information content (AvgIpc) is 2.61. The van der Waals surface area contributed by atoms with Gasteiger partial charge in [-0.25, -0.2) is 4.79 Å². The highest BCUT2D eigenvalue weighted by atomic mass is 16.5. The zero-order valence-electron chi connectivity index (χ0n) is 14.3. The zero-order chi connectivity index (χ0) is 16.5. The van der Waals surface area contributed by atoms with Crippen LogP contribution in [0.5, 0.6) is 0 Å². The molecule has 5 nitrogen and oxygen atoms in total. The standard InChI is InChI=1S/C18H29N3O2/c1-3-20(4-2)18(22)19-15-17(21-10-12-23-13-11-21)14-16-8-6-5-7-9-16/h5-9,17H,3-4,10-15H2,1-2H3,(H,19,22). The lowest BCUT2D eigenvalue weighted by atomic mass is 10.0. The number of rotatable bonds is 7. The summed E-state index contributed by atoms with van der Waals surface area (Å²) in [4.78, 5) is 16.5. The number of hydrogen-bond acceptors (Lipinski definition) is 3. The monoisotopic (exact) mass is 319 g/mol. The number of nitrogens with one attached hydrogen (secondary N) is 1. The number of urea groups is 1. The maximum Gasteiger partial charge on any atom is 0.317 e. The number of ether oxygens (including phenoxy) is 1. The first-order valence-corrected chi connectivity index (χ1v) is 8.63. The number of carbonyl (C=O) groups is 1. The molecule has 128 valence electrons. The summed E-state index contributed by atoms with van der Waals surface area (Å²) >= 11 is 0. The van der Waals surface area contributed by atoms with Gasteiger partial charge in [0.2, 0.25) is 0 Å². The maximum absolute atomic E-state index is 12.2. The SMILES string of the molecule is CCN(CC)C(=O)NCC(Cc1ccccc1)N1CCOCC1. The predicted octanol–water partition coefficient (Wildman–Crippen LogP) is 1.98. The first-order valence-electron chi connectivity index (χ1n) is 8.63. The third kappa shape index (κ3) is 5.52. The van der Waals surface area contributed by atoms with Crippen LogP contribution in [-0.4, -0.2) is 67.8 Å². The number of nitrogens with zero attached hydrogens (tertiary/aromatic N) is 2. The first kappa shape index (κ1) is 17.8. The third-order valence-electron chi connectivity index (χ3n) is 4.42. The molecule has 1 heterocycles. The first-order chi connectivity index (χ1) is 11.2. The second kappa shape index (κ2) is 9.53. The van der Waals surface area contributed by atoms with E-state index < -0.39 is 0 Å². The molecular weight excluding hydrogens is 290 g/mol. The molecule has 2 rings (SSSR count). The molecule has 1 atom stereocenters. The summed E-state index contributed by atoms with van der Waals surface area (Å²) in [5.74, 6) is 0. The molecule has 0 radical (unpaired) electrons. The lowest BCUT2D eigenvalue weighted by molar-refractivity contribution is 0.0170. The molecule has 2 amide bonds. The fourth-order valence-electron chi connectivity index (χ4n) is 2.99. The lowest BCUT2D eigenvalue weighted by Crippen LogP contribution is -2.51. The molecule has 0 saturated carbocycles. The minimum Gasteiger partial charge on any atom is -0.379 e. The van der Waals surface area contributed by atoms with Crippen molar-refractivity contribution in [1.29, 1.82) is 0 Å². The Balaban J connectivity index is 1.96. The van der Waals surface area contributed by atoms with E-state index in [2.05, 4.69) is 34.5 Å². The Bertz CT molecular complexity index is 457. The van der Waals surface area contributed by atoms with Gasteiger partial charge in [-0.05, 0) is 25.8 Å². The highest BCUT2D eigenvalue weighted by molar-refractivity contribution is 5.74. The molecule has 1 aliphatic rings. The molecular formula is C18H29N3O2. The van der Waals surface area contributed by atoms with Crippen molar-refractivity contribution < 1.29 is 9.53 Å². The van der Waals surface area contributed by atoms with Gasteiger partial charge in [0.1, 0.15) is 0 Å². The van der Waals surface area contributed by atoms with Crippen LogP contribution in [0.4, 0.5) is 4.79 Å². The Labute approximate surface area is 139 Å². The van der Waals surface area contributed by atoms with E-state index in [0.717, 1.165) is 45.8 Å². The van der Waals surface area contributed by atoms with Gasteiger partial charge in [-0.3, -0.25) is 4.90 Å². The summed E-state index contributed by atoms with van der Waals surface area (Å²) < 4.78 is 5.46. The summed E-state index contributed by atoms with van der Waals surface area (Å²) in [5.41, 5.74) is 1.31. The normalized spacial score (nSPS) is 16.8. The van der Waals surface area contributed by atoms with E-state index >= 15 is 0 Å². The molecule has 0 bridgehead atoms. The molecule has 1 unspecified atom stereocenters. The van der Waals surface area contributed by atoms with Crippen LogP contribution in [0.15, 0.2) is 30.3 Å². The fourth-order valence-corrected chi connectivity index (χ4v) is 2.99. The van der Waals surface area contributed by atoms with Gasteiger partial charge in [-0.15, -0.1) is 0 Å². The molecule has 1 aliphatic heterocycles. The van der Waals surface area contributed by atoms with Gasteiger partial charge in [0.05, 0.1) is 13.2 Å².